The van der Waals surface area contributed by atoms with E-state index in [9.17, 15) is 0 Å². The van der Waals surface area contributed by atoms with Crippen LogP contribution in [0.3, 0.4) is 0 Å². The van der Waals surface area contributed by atoms with Crippen LogP contribution in [0.25, 0.3) is 55.7 Å². The van der Waals surface area contributed by atoms with Crippen LogP contribution in [0.15, 0.2) is 114 Å². The summed E-state index contributed by atoms with van der Waals surface area (Å²) in [7, 11) is 0. The second-order valence-electron chi connectivity index (χ2n) is 12.1. The Labute approximate surface area is 244 Å². The minimum atomic E-state index is -0.255. The number of fused-ring (bicyclic) bond motifs is 9. The van der Waals surface area contributed by atoms with Crippen molar-refractivity contribution in [2.24, 2.45) is 0 Å². The largest absolute Gasteiger partial charge is 0.453 e. The van der Waals surface area contributed by atoms with Crippen LogP contribution in [0.2, 0.25) is 0 Å². The van der Waals surface area contributed by atoms with Crippen molar-refractivity contribution < 1.29 is 9.15 Å². The number of benzene rings is 5. The van der Waals surface area contributed by atoms with Gasteiger partial charge in [0, 0.05) is 49.6 Å². The van der Waals surface area contributed by atoms with Crippen LogP contribution in [-0.4, -0.2) is 4.57 Å². The van der Waals surface area contributed by atoms with E-state index in [4.69, 9.17) is 9.15 Å². The van der Waals surface area contributed by atoms with Gasteiger partial charge in [-0.15, -0.1) is 0 Å². The number of ether oxygens (including phenoxy) is 1. The maximum atomic E-state index is 6.64. The zero-order valence-electron chi connectivity index (χ0n) is 23.6. The van der Waals surface area contributed by atoms with Crippen molar-refractivity contribution in [1.82, 2.24) is 4.57 Å². The molecule has 5 aromatic carbocycles. The molecule has 2 aliphatic rings. The number of nitrogens with zero attached hydrogens (tertiary/aromatic N) is 1. The van der Waals surface area contributed by atoms with E-state index in [2.05, 4.69) is 122 Å². The Morgan fingerprint density at radius 3 is 2.43 bits per heavy atom. The molecular formula is C39H29NO2. The van der Waals surface area contributed by atoms with Crippen molar-refractivity contribution in [3.8, 4) is 28.3 Å². The van der Waals surface area contributed by atoms with Gasteiger partial charge in [0.05, 0.1) is 5.52 Å². The number of para-hydroxylation sites is 2. The van der Waals surface area contributed by atoms with Crippen molar-refractivity contribution in [2.75, 3.05) is 0 Å². The summed E-state index contributed by atoms with van der Waals surface area (Å²) in [5, 5.41) is 3.51. The maximum Gasteiger partial charge on any atom is 0.178 e. The van der Waals surface area contributed by atoms with Crippen LogP contribution < -0.4 is 4.74 Å². The molecule has 2 aromatic heterocycles. The molecule has 0 amide bonds. The quantitative estimate of drug-likeness (QED) is 0.217. The predicted molar refractivity (Wildman–Crippen MR) is 172 cm³/mol. The summed E-state index contributed by atoms with van der Waals surface area (Å²) in [5.74, 6) is 1.72. The molecule has 7 aromatic rings. The highest BCUT2D eigenvalue weighted by Gasteiger charge is 2.36. The molecule has 0 atom stereocenters. The molecule has 0 radical (unpaired) electrons. The van der Waals surface area contributed by atoms with Gasteiger partial charge in [0.15, 0.2) is 11.3 Å². The van der Waals surface area contributed by atoms with Crippen molar-refractivity contribution in [2.45, 2.75) is 32.1 Å². The van der Waals surface area contributed by atoms with Gasteiger partial charge in [-0.3, -0.25) is 0 Å². The van der Waals surface area contributed by atoms with Crippen LogP contribution in [0.4, 0.5) is 0 Å². The summed E-state index contributed by atoms with van der Waals surface area (Å²) >= 11 is 0. The van der Waals surface area contributed by atoms with E-state index in [0.717, 1.165) is 51.8 Å². The Morgan fingerprint density at radius 2 is 1.52 bits per heavy atom. The monoisotopic (exact) mass is 543 g/mol. The highest BCUT2D eigenvalue weighted by Crippen LogP contribution is 2.52. The number of furan rings is 1. The topological polar surface area (TPSA) is 27.3 Å². The number of hydrogen-bond donors (Lipinski definition) is 0. The fraction of sp³-hybridized carbons (Fsp3) is 0.128. The first kappa shape index (κ1) is 23.7. The van der Waals surface area contributed by atoms with E-state index in [1.165, 1.54) is 44.5 Å². The minimum absolute atomic E-state index is 0.255. The molecule has 202 valence electrons. The van der Waals surface area contributed by atoms with Gasteiger partial charge in [-0.2, -0.15) is 0 Å². The highest BCUT2D eigenvalue weighted by atomic mass is 16.5. The summed E-state index contributed by atoms with van der Waals surface area (Å²) in [6, 6.07) is 36.9. The molecule has 3 heteroatoms. The number of allylic oxidation sites excluding steroid dienone is 1. The number of aromatic nitrogens is 1. The molecule has 0 fully saturated rings. The van der Waals surface area contributed by atoms with E-state index >= 15 is 0 Å². The first-order chi connectivity index (χ1) is 20.6. The van der Waals surface area contributed by atoms with E-state index in [0.29, 0.717) is 0 Å². The van der Waals surface area contributed by atoms with Gasteiger partial charge in [-0.25, -0.2) is 0 Å². The lowest BCUT2D eigenvalue weighted by Gasteiger charge is -2.34. The van der Waals surface area contributed by atoms with Gasteiger partial charge in [0.1, 0.15) is 11.3 Å². The molecule has 1 aliphatic carbocycles. The second kappa shape index (κ2) is 8.50. The molecule has 0 unspecified atom stereocenters. The normalized spacial score (nSPS) is 15.0. The molecular weight excluding hydrogens is 514 g/mol. The summed E-state index contributed by atoms with van der Waals surface area (Å²) < 4.78 is 15.4. The maximum absolute atomic E-state index is 6.64. The predicted octanol–water partition coefficient (Wildman–Crippen LogP) is 10.6. The first-order valence-electron chi connectivity index (χ1n) is 14.7. The van der Waals surface area contributed by atoms with E-state index in [-0.39, 0.29) is 5.41 Å². The first-order valence-corrected chi connectivity index (χ1v) is 14.7. The van der Waals surface area contributed by atoms with Crippen LogP contribution in [0.1, 0.15) is 42.7 Å². The molecule has 0 saturated heterocycles. The fourth-order valence-corrected chi connectivity index (χ4v) is 7.17. The lowest BCUT2D eigenvalue weighted by molar-refractivity contribution is 0.415. The molecule has 0 N–H and O–H groups in total. The average Bonchev–Trinajstić information content (AvgIpc) is 3.57. The van der Waals surface area contributed by atoms with Gasteiger partial charge in [-0.05, 0) is 72.5 Å². The van der Waals surface area contributed by atoms with Gasteiger partial charge in [0.25, 0.3) is 0 Å². The Hall–Kier alpha value is -5.02. The molecule has 0 spiro atoms. The molecule has 42 heavy (non-hydrogen) atoms. The molecule has 3 heterocycles. The van der Waals surface area contributed by atoms with E-state index < -0.39 is 0 Å². The standard InChI is InChI=1S/C39H29NO2/c1-39(2)31-19-18-29-28-13-7-9-15-35(28)41-37(29)38(31)42-36-21-17-25(23-32(36)39)24-16-20-34-30(22-24)27-12-6-8-14-33(27)40(34)26-10-4-3-5-11-26/h3-7,9-13,15-23H,8,14H2,1-2H3. The Kier molecular flexibility index (Phi) is 4.79. The molecule has 3 nitrogen and oxygen atoms in total. The van der Waals surface area contributed by atoms with Gasteiger partial charge in [-0.1, -0.05) is 80.6 Å². The van der Waals surface area contributed by atoms with E-state index in [1.54, 1.807) is 0 Å². The van der Waals surface area contributed by atoms with Crippen LogP contribution in [0, 0.1) is 0 Å². The Balaban J connectivity index is 1.18. The molecule has 0 saturated carbocycles. The lowest BCUT2D eigenvalue weighted by atomic mass is 9.75. The minimum Gasteiger partial charge on any atom is -0.453 e. The number of rotatable bonds is 2. The van der Waals surface area contributed by atoms with Gasteiger partial charge < -0.3 is 13.7 Å². The Morgan fingerprint density at radius 1 is 0.714 bits per heavy atom. The third kappa shape index (κ3) is 3.22. The van der Waals surface area contributed by atoms with Crippen molar-refractivity contribution in [3.63, 3.8) is 0 Å². The third-order valence-electron chi connectivity index (χ3n) is 9.33. The van der Waals surface area contributed by atoms with Crippen LogP contribution in [0.5, 0.6) is 11.5 Å². The molecule has 1 aliphatic heterocycles. The van der Waals surface area contributed by atoms with Crippen LogP contribution >= 0.6 is 0 Å². The average molecular weight is 544 g/mol. The third-order valence-corrected chi connectivity index (χ3v) is 9.33. The number of hydrogen-bond acceptors (Lipinski definition) is 2. The summed E-state index contributed by atoms with van der Waals surface area (Å²) in [4.78, 5) is 0. The zero-order chi connectivity index (χ0) is 28.0. The van der Waals surface area contributed by atoms with Crippen LogP contribution in [-0.2, 0) is 11.8 Å². The van der Waals surface area contributed by atoms with E-state index in [1.807, 2.05) is 12.1 Å². The summed E-state index contributed by atoms with van der Waals surface area (Å²) in [5.41, 5.74) is 11.4. The van der Waals surface area contributed by atoms with Crippen molar-refractivity contribution >= 4 is 38.9 Å². The van der Waals surface area contributed by atoms with Crippen molar-refractivity contribution in [1.29, 1.82) is 0 Å². The van der Waals surface area contributed by atoms with Gasteiger partial charge >= 0.3 is 0 Å². The smallest absolute Gasteiger partial charge is 0.178 e. The van der Waals surface area contributed by atoms with Gasteiger partial charge in [0.2, 0.25) is 0 Å². The highest BCUT2D eigenvalue weighted by molar-refractivity contribution is 6.07. The molecule has 9 rings (SSSR count). The second-order valence-corrected chi connectivity index (χ2v) is 12.1. The fourth-order valence-electron chi connectivity index (χ4n) is 7.17. The Bertz CT molecular complexity index is 2240. The SMILES string of the molecule is CC1(C)c2cc(-c3ccc4c(c3)c3c(n4-c4ccccc4)CCC=C3)ccc2Oc2c1ccc1c2oc2ccccc21. The summed E-state index contributed by atoms with van der Waals surface area (Å²) in [6.45, 7) is 4.57. The summed E-state index contributed by atoms with van der Waals surface area (Å²) in [6.07, 6.45) is 6.74. The zero-order valence-corrected chi connectivity index (χ0v) is 23.6. The van der Waals surface area contributed by atoms with Crippen molar-refractivity contribution in [3.05, 3.63) is 132 Å². The molecule has 0 bridgehead atoms. The lowest BCUT2D eigenvalue weighted by Crippen LogP contribution is -2.24.